The summed E-state index contributed by atoms with van der Waals surface area (Å²) in [5, 5.41) is 0. The van der Waals surface area contributed by atoms with Crippen molar-refractivity contribution in [3.8, 4) is 5.75 Å². The van der Waals surface area contributed by atoms with E-state index in [1.807, 2.05) is 30.3 Å². The molecule has 0 aliphatic carbocycles. The molecule has 0 spiro atoms. The van der Waals surface area contributed by atoms with Crippen molar-refractivity contribution in [2.24, 2.45) is 5.73 Å². The fourth-order valence-corrected chi connectivity index (χ4v) is 1.84. The van der Waals surface area contributed by atoms with Crippen LogP contribution in [-0.2, 0) is 9.53 Å². The summed E-state index contributed by atoms with van der Waals surface area (Å²) in [6.07, 6.45) is -0.0561. The molecule has 19 heavy (non-hydrogen) atoms. The molecule has 1 saturated heterocycles. The van der Waals surface area contributed by atoms with Gasteiger partial charge >= 0.3 is 0 Å². The van der Waals surface area contributed by atoms with Crippen LogP contribution in [0.4, 0.5) is 0 Å². The summed E-state index contributed by atoms with van der Waals surface area (Å²) in [7, 11) is 0. The van der Waals surface area contributed by atoms with Gasteiger partial charge in [0.25, 0.3) is 5.91 Å². The molecule has 2 N–H and O–H groups in total. The van der Waals surface area contributed by atoms with E-state index in [9.17, 15) is 4.79 Å². The quantitative estimate of drug-likeness (QED) is 0.884. The average molecular weight is 287 g/mol. The summed E-state index contributed by atoms with van der Waals surface area (Å²) in [6.45, 7) is 2.19. The van der Waals surface area contributed by atoms with Gasteiger partial charge in [-0.05, 0) is 12.1 Å². The average Bonchev–Trinajstić information content (AvgIpc) is 2.46. The van der Waals surface area contributed by atoms with E-state index in [4.69, 9.17) is 15.2 Å². The highest BCUT2D eigenvalue weighted by Crippen LogP contribution is 2.09. The summed E-state index contributed by atoms with van der Waals surface area (Å²) >= 11 is 0. The topological polar surface area (TPSA) is 64.8 Å². The van der Waals surface area contributed by atoms with Gasteiger partial charge in [-0.1, -0.05) is 18.2 Å². The number of carbonyl (C=O) groups excluding carboxylic acids is 1. The minimum Gasteiger partial charge on any atom is -0.484 e. The second-order valence-electron chi connectivity index (χ2n) is 4.17. The lowest BCUT2D eigenvalue weighted by Crippen LogP contribution is -2.49. The van der Waals surface area contributed by atoms with Crippen LogP contribution in [0.15, 0.2) is 30.3 Å². The zero-order chi connectivity index (χ0) is 12.8. The molecule has 1 heterocycles. The maximum absolute atomic E-state index is 11.9. The molecule has 0 aromatic heterocycles. The monoisotopic (exact) mass is 286 g/mol. The van der Waals surface area contributed by atoms with E-state index in [1.54, 1.807) is 4.90 Å². The van der Waals surface area contributed by atoms with Crippen LogP contribution in [-0.4, -0.2) is 49.8 Å². The van der Waals surface area contributed by atoms with E-state index < -0.39 is 0 Å². The second kappa shape index (κ2) is 7.99. The predicted molar refractivity (Wildman–Crippen MR) is 74.6 cm³/mol. The number of rotatable bonds is 4. The highest BCUT2D eigenvalue weighted by atomic mass is 35.5. The zero-order valence-electron chi connectivity index (χ0n) is 10.7. The van der Waals surface area contributed by atoms with Gasteiger partial charge in [-0.3, -0.25) is 4.79 Å². The van der Waals surface area contributed by atoms with Crippen LogP contribution in [0.3, 0.4) is 0 Å². The Balaban J connectivity index is 0.00000180. The van der Waals surface area contributed by atoms with Gasteiger partial charge in [-0.25, -0.2) is 0 Å². The minimum atomic E-state index is -0.0561. The number of nitrogens with two attached hydrogens (primary N) is 1. The highest BCUT2D eigenvalue weighted by Gasteiger charge is 2.23. The van der Waals surface area contributed by atoms with E-state index in [0.717, 1.165) is 0 Å². The Hall–Kier alpha value is -1.30. The van der Waals surface area contributed by atoms with Crippen molar-refractivity contribution in [1.82, 2.24) is 4.90 Å². The number of halogens is 1. The van der Waals surface area contributed by atoms with Crippen LogP contribution in [0.2, 0.25) is 0 Å². The molecule has 1 atom stereocenters. The largest absolute Gasteiger partial charge is 0.484 e. The number of morpholine rings is 1. The van der Waals surface area contributed by atoms with Gasteiger partial charge in [0.15, 0.2) is 6.61 Å². The molecule has 1 aromatic rings. The van der Waals surface area contributed by atoms with E-state index in [0.29, 0.717) is 32.0 Å². The molecule has 1 aliphatic heterocycles. The minimum absolute atomic E-state index is 0. The summed E-state index contributed by atoms with van der Waals surface area (Å²) in [4.78, 5) is 13.7. The Kier molecular flexibility index (Phi) is 6.62. The molecule has 2 rings (SSSR count). The van der Waals surface area contributed by atoms with Gasteiger partial charge < -0.3 is 20.1 Å². The van der Waals surface area contributed by atoms with Crippen molar-refractivity contribution in [2.45, 2.75) is 6.10 Å². The molecule has 1 fully saturated rings. The first-order chi connectivity index (χ1) is 8.79. The van der Waals surface area contributed by atoms with Crippen LogP contribution >= 0.6 is 12.4 Å². The van der Waals surface area contributed by atoms with Crippen molar-refractivity contribution < 1.29 is 14.3 Å². The molecule has 106 valence electrons. The third kappa shape index (κ3) is 4.70. The van der Waals surface area contributed by atoms with E-state index in [2.05, 4.69) is 0 Å². The first-order valence-corrected chi connectivity index (χ1v) is 6.07. The zero-order valence-corrected chi connectivity index (χ0v) is 11.5. The number of ether oxygens (including phenoxy) is 2. The fourth-order valence-electron chi connectivity index (χ4n) is 1.84. The van der Waals surface area contributed by atoms with E-state index in [1.165, 1.54) is 0 Å². The molecule has 1 unspecified atom stereocenters. The van der Waals surface area contributed by atoms with Crippen molar-refractivity contribution in [3.05, 3.63) is 30.3 Å². The molecule has 1 amide bonds. The Morgan fingerprint density at radius 2 is 2.16 bits per heavy atom. The van der Waals surface area contributed by atoms with Gasteiger partial charge in [0.1, 0.15) is 5.75 Å². The molecule has 6 heteroatoms. The van der Waals surface area contributed by atoms with Crippen molar-refractivity contribution in [1.29, 1.82) is 0 Å². The van der Waals surface area contributed by atoms with Gasteiger partial charge in [0.05, 0.1) is 12.7 Å². The molecular weight excluding hydrogens is 268 g/mol. The Bertz CT molecular complexity index is 389. The number of amides is 1. The lowest BCUT2D eigenvalue weighted by molar-refractivity contribution is -0.140. The Morgan fingerprint density at radius 3 is 2.84 bits per heavy atom. The van der Waals surface area contributed by atoms with Gasteiger partial charge in [-0.2, -0.15) is 0 Å². The Morgan fingerprint density at radius 1 is 1.42 bits per heavy atom. The van der Waals surface area contributed by atoms with Gasteiger partial charge in [0, 0.05) is 19.6 Å². The summed E-state index contributed by atoms with van der Waals surface area (Å²) in [6, 6.07) is 9.31. The molecule has 0 radical (unpaired) electrons. The van der Waals surface area contributed by atoms with Crippen molar-refractivity contribution >= 4 is 18.3 Å². The molecular formula is C13H19ClN2O3. The number of nitrogens with zero attached hydrogens (tertiary/aromatic N) is 1. The molecule has 5 nitrogen and oxygen atoms in total. The number of benzene rings is 1. The maximum atomic E-state index is 11.9. The van der Waals surface area contributed by atoms with Crippen molar-refractivity contribution in [3.63, 3.8) is 0 Å². The van der Waals surface area contributed by atoms with Gasteiger partial charge in [-0.15, -0.1) is 12.4 Å². The molecule has 1 aromatic carbocycles. The van der Waals surface area contributed by atoms with Crippen LogP contribution < -0.4 is 10.5 Å². The first kappa shape index (κ1) is 15.8. The van der Waals surface area contributed by atoms with Crippen LogP contribution in [0, 0.1) is 0 Å². The van der Waals surface area contributed by atoms with Crippen LogP contribution in [0.25, 0.3) is 0 Å². The Labute approximate surface area is 119 Å². The SMILES string of the molecule is Cl.NCC1CN(C(=O)COc2ccccc2)CCO1. The van der Waals surface area contributed by atoms with Crippen molar-refractivity contribution in [2.75, 3.05) is 32.8 Å². The summed E-state index contributed by atoms with van der Waals surface area (Å²) in [5.74, 6) is 0.676. The standard InChI is InChI=1S/C13H18N2O3.ClH/c14-8-12-9-15(6-7-17-12)13(16)10-18-11-4-2-1-3-5-11;/h1-5,12H,6-10,14H2;1H. The molecule has 0 saturated carbocycles. The molecule has 1 aliphatic rings. The third-order valence-corrected chi connectivity index (χ3v) is 2.86. The number of hydrogen-bond donors (Lipinski definition) is 1. The van der Waals surface area contributed by atoms with Crippen LogP contribution in [0.5, 0.6) is 5.75 Å². The smallest absolute Gasteiger partial charge is 0.260 e. The van der Waals surface area contributed by atoms with E-state index in [-0.39, 0.29) is 31.0 Å². The normalized spacial score (nSPS) is 18.6. The third-order valence-electron chi connectivity index (χ3n) is 2.86. The lowest BCUT2D eigenvalue weighted by Gasteiger charge is -2.32. The van der Waals surface area contributed by atoms with E-state index >= 15 is 0 Å². The summed E-state index contributed by atoms with van der Waals surface area (Å²) < 4.78 is 10.8. The number of hydrogen-bond acceptors (Lipinski definition) is 4. The fraction of sp³-hybridized carbons (Fsp3) is 0.462. The number of para-hydroxylation sites is 1. The second-order valence-corrected chi connectivity index (χ2v) is 4.17. The van der Waals surface area contributed by atoms with Gasteiger partial charge in [0.2, 0.25) is 0 Å². The van der Waals surface area contributed by atoms with Crippen LogP contribution in [0.1, 0.15) is 0 Å². The highest BCUT2D eigenvalue weighted by molar-refractivity contribution is 5.85. The predicted octanol–water partition coefficient (Wildman–Crippen LogP) is 0.673. The maximum Gasteiger partial charge on any atom is 0.260 e. The number of carbonyl (C=O) groups is 1. The summed E-state index contributed by atoms with van der Waals surface area (Å²) in [5.41, 5.74) is 5.54. The molecule has 0 bridgehead atoms. The first-order valence-electron chi connectivity index (χ1n) is 6.07. The lowest BCUT2D eigenvalue weighted by atomic mass is 10.2.